The van der Waals surface area contributed by atoms with Crippen molar-refractivity contribution in [2.45, 2.75) is 30.2 Å². The first-order valence-electron chi connectivity index (χ1n) is 9.54. The first-order valence-corrected chi connectivity index (χ1v) is 9.92. The molecule has 2 N–H and O–H groups in total. The number of ether oxygens (including phenoxy) is 1. The van der Waals surface area contributed by atoms with Gasteiger partial charge in [-0.1, -0.05) is 54.1 Å². The minimum Gasteiger partial charge on any atom is -0.381 e. The molecule has 0 spiro atoms. The average Bonchev–Trinajstić information content (AvgIpc) is 3.10. The Morgan fingerprint density at radius 3 is 2.32 bits per heavy atom. The monoisotopic (exact) mass is 420 g/mol. The number of hydrogen-bond donors (Lipinski definition) is 1. The number of amides is 1. The molecule has 0 aliphatic carbocycles. The van der Waals surface area contributed by atoms with Crippen molar-refractivity contribution < 1.29 is 9.53 Å². The molecule has 4 rings (SSSR count). The number of carbonyl (C=O) groups excluding carboxylic acids is 1. The Bertz CT molecular complexity index is 792. The van der Waals surface area contributed by atoms with E-state index in [1.807, 2.05) is 47.4 Å². The second-order valence-corrected chi connectivity index (χ2v) is 8.03. The molecular weight excluding hydrogens is 395 g/mol. The first-order chi connectivity index (χ1) is 13.1. The van der Waals surface area contributed by atoms with Gasteiger partial charge >= 0.3 is 0 Å². The zero-order chi connectivity index (χ0) is 18.9. The lowest BCUT2D eigenvalue weighted by Crippen LogP contribution is -2.49. The van der Waals surface area contributed by atoms with Gasteiger partial charge in [0, 0.05) is 43.3 Å². The zero-order valence-corrected chi connectivity index (χ0v) is 17.3. The van der Waals surface area contributed by atoms with Crippen molar-refractivity contribution in [1.82, 2.24) is 4.90 Å². The third-order valence-corrected chi connectivity index (χ3v) is 6.28. The van der Waals surface area contributed by atoms with Crippen molar-refractivity contribution in [1.29, 1.82) is 0 Å². The molecular formula is C22H26Cl2N2O2. The summed E-state index contributed by atoms with van der Waals surface area (Å²) in [5, 5.41) is 0.681. The largest absolute Gasteiger partial charge is 0.381 e. The molecule has 2 aromatic rings. The molecule has 28 heavy (non-hydrogen) atoms. The first kappa shape index (κ1) is 21.1. The van der Waals surface area contributed by atoms with Crippen molar-refractivity contribution in [3.8, 4) is 0 Å². The Morgan fingerprint density at radius 2 is 1.68 bits per heavy atom. The van der Waals surface area contributed by atoms with Gasteiger partial charge in [-0.25, -0.2) is 0 Å². The van der Waals surface area contributed by atoms with E-state index < -0.39 is 5.41 Å². The maximum Gasteiger partial charge on any atom is 0.233 e. The molecule has 4 nitrogen and oxygen atoms in total. The summed E-state index contributed by atoms with van der Waals surface area (Å²) < 4.78 is 5.57. The number of nitrogens with two attached hydrogens (primary N) is 1. The third kappa shape index (κ3) is 3.92. The highest BCUT2D eigenvalue weighted by molar-refractivity contribution is 6.30. The summed E-state index contributed by atoms with van der Waals surface area (Å²) in [6.07, 6.45) is 1.38. The summed E-state index contributed by atoms with van der Waals surface area (Å²) in [4.78, 5) is 15.7. The maximum absolute atomic E-state index is 13.7. The molecule has 2 fully saturated rings. The van der Waals surface area contributed by atoms with E-state index in [1.54, 1.807) is 0 Å². The summed E-state index contributed by atoms with van der Waals surface area (Å²) in [7, 11) is 0. The van der Waals surface area contributed by atoms with Crippen LogP contribution < -0.4 is 5.73 Å². The fraction of sp³-hybridized carbons (Fsp3) is 0.409. The summed E-state index contributed by atoms with van der Waals surface area (Å²) in [5.41, 5.74) is 8.11. The van der Waals surface area contributed by atoms with Crippen molar-refractivity contribution in [3.05, 3.63) is 70.7 Å². The van der Waals surface area contributed by atoms with Crippen molar-refractivity contribution >= 4 is 29.9 Å². The van der Waals surface area contributed by atoms with Gasteiger partial charge in [-0.15, -0.1) is 12.4 Å². The Kier molecular flexibility index (Phi) is 6.66. The van der Waals surface area contributed by atoms with Crippen LogP contribution in [0.4, 0.5) is 0 Å². The number of nitrogens with zero attached hydrogens (tertiary/aromatic N) is 1. The molecule has 2 atom stereocenters. The van der Waals surface area contributed by atoms with E-state index in [0.717, 1.165) is 5.56 Å². The van der Waals surface area contributed by atoms with E-state index in [9.17, 15) is 4.79 Å². The van der Waals surface area contributed by atoms with Gasteiger partial charge in [0.2, 0.25) is 5.91 Å². The molecule has 0 aromatic heterocycles. The fourth-order valence-corrected chi connectivity index (χ4v) is 4.59. The number of hydrogen-bond acceptors (Lipinski definition) is 3. The van der Waals surface area contributed by atoms with Crippen LogP contribution in [-0.4, -0.2) is 43.2 Å². The summed E-state index contributed by atoms with van der Waals surface area (Å²) in [6.45, 7) is 2.45. The highest BCUT2D eigenvalue weighted by Crippen LogP contribution is 2.39. The highest BCUT2D eigenvalue weighted by Gasteiger charge is 2.46. The van der Waals surface area contributed by atoms with Crippen LogP contribution in [0.3, 0.4) is 0 Å². The highest BCUT2D eigenvalue weighted by atomic mass is 35.5. The van der Waals surface area contributed by atoms with E-state index in [2.05, 4.69) is 12.1 Å². The standard InChI is InChI=1S/C22H25ClN2O2.ClH/c23-18-8-6-17(7-9-18)22(10-12-27-13-11-22)21(26)25-14-19(20(24)15-25)16-4-2-1-3-5-16;/h1-9,19-20H,10-15,24H2;1H/t19-,20+;/m0./s1. The topological polar surface area (TPSA) is 55.6 Å². The van der Waals surface area contributed by atoms with Gasteiger partial charge in [0.1, 0.15) is 0 Å². The lowest BCUT2D eigenvalue weighted by Gasteiger charge is -2.39. The van der Waals surface area contributed by atoms with Crippen LogP contribution >= 0.6 is 24.0 Å². The molecule has 2 saturated heterocycles. The molecule has 0 bridgehead atoms. The predicted octanol–water partition coefficient (Wildman–Crippen LogP) is 3.76. The van der Waals surface area contributed by atoms with Crippen LogP contribution in [0.15, 0.2) is 54.6 Å². The molecule has 150 valence electrons. The summed E-state index contributed by atoms with van der Waals surface area (Å²) >= 11 is 6.07. The van der Waals surface area contributed by atoms with Gasteiger partial charge in [-0.3, -0.25) is 4.79 Å². The molecule has 0 radical (unpaired) electrons. The van der Waals surface area contributed by atoms with Crippen molar-refractivity contribution in [2.24, 2.45) is 5.73 Å². The number of halogens is 2. The Balaban J connectivity index is 0.00000225. The van der Waals surface area contributed by atoms with E-state index in [4.69, 9.17) is 22.1 Å². The molecule has 0 unspecified atom stereocenters. The normalized spacial score (nSPS) is 23.9. The lowest BCUT2D eigenvalue weighted by atomic mass is 9.73. The number of rotatable bonds is 3. The van der Waals surface area contributed by atoms with Gasteiger partial charge in [-0.2, -0.15) is 0 Å². The maximum atomic E-state index is 13.7. The summed E-state index contributed by atoms with van der Waals surface area (Å²) in [5.74, 6) is 0.347. The second-order valence-electron chi connectivity index (χ2n) is 7.59. The molecule has 0 saturated carbocycles. The molecule has 2 aliphatic heterocycles. The van der Waals surface area contributed by atoms with Gasteiger partial charge in [0.25, 0.3) is 0 Å². The van der Waals surface area contributed by atoms with E-state index in [1.165, 1.54) is 5.56 Å². The number of benzene rings is 2. The molecule has 2 aromatic carbocycles. The third-order valence-electron chi connectivity index (χ3n) is 6.03. The quantitative estimate of drug-likeness (QED) is 0.821. The number of carbonyl (C=O) groups is 1. The SMILES string of the molecule is Cl.N[C@@H]1CN(C(=O)C2(c3ccc(Cl)cc3)CCOCC2)C[C@H]1c1ccccc1. The predicted molar refractivity (Wildman–Crippen MR) is 114 cm³/mol. The number of likely N-dealkylation sites (tertiary alicyclic amines) is 1. The minimum atomic E-state index is -0.547. The fourth-order valence-electron chi connectivity index (χ4n) is 4.47. The van der Waals surface area contributed by atoms with E-state index >= 15 is 0 Å². The average molecular weight is 421 g/mol. The van der Waals surface area contributed by atoms with E-state index in [-0.39, 0.29) is 30.3 Å². The summed E-state index contributed by atoms with van der Waals surface area (Å²) in [6, 6.07) is 17.9. The Labute approximate surface area is 177 Å². The van der Waals surface area contributed by atoms with Crippen LogP contribution in [0.1, 0.15) is 29.9 Å². The Hall–Kier alpha value is -1.59. The molecule has 1 amide bonds. The molecule has 2 heterocycles. The molecule has 6 heteroatoms. The van der Waals surface area contributed by atoms with Gasteiger partial charge in [0.05, 0.1) is 5.41 Å². The minimum absolute atomic E-state index is 0. The second kappa shape index (κ2) is 8.83. The van der Waals surface area contributed by atoms with Crippen LogP contribution in [0, 0.1) is 0 Å². The zero-order valence-electron chi connectivity index (χ0n) is 15.7. The van der Waals surface area contributed by atoms with Crippen LogP contribution in [0.25, 0.3) is 0 Å². The molecule has 2 aliphatic rings. The van der Waals surface area contributed by atoms with Gasteiger partial charge < -0.3 is 15.4 Å². The van der Waals surface area contributed by atoms with Crippen molar-refractivity contribution in [3.63, 3.8) is 0 Å². The van der Waals surface area contributed by atoms with Crippen LogP contribution in [0.5, 0.6) is 0 Å². The lowest BCUT2D eigenvalue weighted by molar-refractivity contribution is -0.140. The van der Waals surface area contributed by atoms with Crippen LogP contribution in [-0.2, 0) is 14.9 Å². The van der Waals surface area contributed by atoms with Gasteiger partial charge in [-0.05, 0) is 36.1 Å². The van der Waals surface area contributed by atoms with Crippen LogP contribution in [0.2, 0.25) is 5.02 Å². The smallest absolute Gasteiger partial charge is 0.233 e. The Morgan fingerprint density at radius 1 is 1.04 bits per heavy atom. The van der Waals surface area contributed by atoms with Crippen molar-refractivity contribution in [2.75, 3.05) is 26.3 Å². The van der Waals surface area contributed by atoms with Gasteiger partial charge in [0.15, 0.2) is 0 Å². The van der Waals surface area contributed by atoms with E-state index in [0.29, 0.717) is 44.2 Å².